The van der Waals surface area contributed by atoms with Crippen molar-refractivity contribution in [3.63, 3.8) is 0 Å². The molecule has 1 amide bonds. The molecule has 3 aromatic heterocycles. The summed E-state index contributed by atoms with van der Waals surface area (Å²) in [7, 11) is 0. The molecule has 4 heterocycles. The quantitative estimate of drug-likeness (QED) is 0.281. The van der Waals surface area contributed by atoms with Gasteiger partial charge in [0.05, 0.1) is 5.56 Å². The average Bonchev–Trinajstić information content (AvgIpc) is 3.49. The Kier molecular flexibility index (Phi) is 7.37. The highest BCUT2D eigenvalue weighted by Gasteiger charge is 2.28. The zero-order chi connectivity index (χ0) is 25.3. The Balaban J connectivity index is 1.49. The first-order chi connectivity index (χ1) is 16.5. The van der Waals surface area contributed by atoms with Gasteiger partial charge in [-0.05, 0) is 70.8 Å². The predicted molar refractivity (Wildman–Crippen MR) is 139 cm³/mol. The zero-order valence-electron chi connectivity index (χ0n) is 20.7. The van der Waals surface area contributed by atoms with Gasteiger partial charge in [0.1, 0.15) is 15.6 Å². The molecule has 0 aromatic carbocycles. The first kappa shape index (κ1) is 25.4. The monoisotopic (exact) mass is 516 g/mol. The fourth-order valence-corrected chi connectivity index (χ4v) is 6.38. The molecule has 1 unspecified atom stereocenters. The van der Waals surface area contributed by atoms with E-state index in [4.69, 9.17) is 4.74 Å². The van der Waals surface area contributed by atoms with Crippen molar-refractivity contribution in [3.8, 4) is 5.00 Å². The number of hydrogen-bond acceptors (Lipinski definition) is 8. The van der Waals surface area contributed by atoms with Gasteiger partial charge in [-0.15, -0.1) is 22.7 Å². The minimum atomic E-state index is -1.51. The van der Waals surface area contributed by atoms with Crippen LogP contribution in [0.4, 0.5) is 5.00 Å². The lowest BCUT2D eigenvalue weighted by Crippen LogP contribution is -2.39. The van der Waals surface area contributed by atoms with Crippen LogP contribution in [0.1, 0.15) is 57.6 Å². The summed E-state index contributed by atoms with van der Waals surface area (Å²) in [4.78, 5) is 27.8. The maximum Gasteiger partial charge on any atom is 0.341 e. The summed E-state index contributed by atoms with van der Waals surface area (Å²) < 4.78 is 7.60. The van der Waals surface area contributed by atoms with E-state index >= 15 is 0 Å². The van der Waals surface area contributed by atoms with E-state index in [1.807, 2.05) is 38.4 Å². The van der Waals surface area contributed by atoms with Gasteiger partial charge in [-0.1, -0.05) is 0 Å². The number of rotatable bonds is 7. The van der Waals surface area contributed by atoms with Crippen molar-refractivity contribution in [1.29, 1.82) is 0 Å². The van der Waals surface area contributed by atoms with E-state index in [9.17, 15) is 14.7 Å². The van der Waals surface area contributed by atoms with Crippen LogP contribution in [0.15, 0.2) is 24.5 Å². The molecule has 35 heavy (non-hydrogen) atoms. The van der Waals surface area contributed by atoms with E-state index < -0.39 is 23.7 Å². The minimum Gasteiger partial charge on any atom is -0.456 e. The molecule has 1 aliphatic heterocycles. The van der Waals surface area contributed by atoms with Crippen molar-refractivity contribution >= 4 is 39.6 Å². The van der Waals surface area contributed by atoms with Crippen LogP contribution in [-0.2, 0) is 29.0 Å². The number of esters is 1. The number of nitrogens with zero attached hydrogens (tertiary/aromatic N) is 1. The van der Waals surface area contributed by atoms with Gasteiger partial charge in [0.15, 0.2) is 0 Å². The van der Waals surface area contributed by atoms with Crippen LogP contribution < -0.4 is 16.0 Å². The van der Waals surface area contributed by atoms with E-state index in [0.717, 1.165) is 40.5 Å². The molecule has 4 N–H and O–H groups in total. The lowest BCUT2D eigenvalue weighted by Gasteiger charge is -2.21. The highest BCUT2D eigenvalue weighted by atomic mass is 32.1. The molecule has 0 saturated heterocycles. The molecule has 0 fully saturated rings. The molecular formula is C25H32N4O4S2. The summed E-state index contributed by atoms with van der Waals surface area (Å²) in [6, 6.07) is 3.94. The van der Waals surface area contributed by atoms with Crippen molar-refractivity contribution in [2.75, 3.05) is 11.9 Å². The van der Waals surface area contributed by atoms with E-state index in [2.05, 4.69) is 20.5 Å². The normalized spacial score (nSPS) is 14.3. The standard InChI is InChI=1S/C25H32N4O4S2/c1-14-15(2)34-22(19(14)24(32)33-25(3,4)5)28-21(31)20(30)27-12-17-16-8-9-26-13-18(16)35-23(17)29-10-6-7-11-29/h6-7,10-11,21,26,28,31H,8-9,12-13H2,1-5H3,(H,27,30). The fraction of sp³-hybridized carbons (Fsp3) is 0.440. The molecule has 3 aromatic rings. The van der Waals surface area contributed by atoms with Gasteiger partial charge in [-0.3, -0.25) is 4.79 Å². The van der Waals surface area contributed by atoms with Crippen LogP contribution in [0.25, 0.3) is 5.00 Å². The van der Waals surface area contributed by atoms with Gasteiger partial charge in [0.25, 0.3) is 5.91 Å². The third kappa shape index (κ3) is 5.61. The molecule has 0 spiro atoms. The van der Waals surface area contributed by atoms with Crippen molar-refractivity contribution in [1.82, 2.24) is 15.2 Å². The first-order valence-corrected chi connectivity index (χ1v) is 13.2. The lowest BCUT2D eigenvalue weighted by molar-refractivity contribution is -0.128. The number of thiophene rings is 2. The topological polar surface area (TPSA) is 105 Å². The van der Waals surface area contributed by atoms with Gasteiger partial charge < -0.3 is 30.4 Å². The van der Waals surface area contributed by atoms with Gasteiger partial charge >= 0.3 is 5.97 Å². The predicted octanol–water partition coefficient (Wildman–Crippen LogP) is 3.86. The first-order valence-electron chi connectivity index (χ1n) is 11.6. The number of ether oxygens (including phenoxy) is 1. The Morgan fingerprint density at radius 1 is 1.23 bits per heavy atom. The minimum absolute atomic E-state index is 0.304. The summed E-state index contributed by atoms with van der Waals surface area (Å²) in [5.74, 6) is -1.04. The van der Waals surface area contributed by atoms with Crippen molar-refractivity contribution in [2.24, 2.45) is 0 Å². The smallest absolute Gasteiger partial charge is 0.341 e. The van der Waals surface area contributed by atoms with Crippen LogP contribution in [0.3, 0.4) is 0 Å². The molecule has 0 radical (unpaired) electrons. The number of hydrogen-bond donors (Lipinski definition) is 4. The summed E-state index contributed by atoms with van der Waals surface area (Å²) in [6.45, 7) is 11.1. The lowest BCUT2D eigenvalue weighted by atomic mass is 10.0. The largest absolute Gasteiger partial charge is 0.456 e. The second-order valence-corrected chi connectivity index (χ2v) is 11.9. The number of fused-ring (bicyclic) bond motifs is 1. The third-order valence-corrected chi connectivity index (χ3v) is 8.23. The average molecular weight is 517 g/mol. The molecule has 8 nitrogen and oxygen atoms in total. The van der Waals surface area contributed by atoms with Gasteiger partial charge in [-0.2, -0.15) is 0 Å². The van der Waals surface area contributed by atoms with Crippen LogP contribution in [-0.4, -0.2) is 39.9 Å². The van der Waals surface area contributed by atoms with Crippen LogP contribution in [0, 0.1) is 13.8 Å². The number of nitrogens with one attached hydrogen (secondary N) is 3. The molecule has 0 bridgehead atoms. The fourth-order valence-electron chi connectivity index (χ4n) is 4.01. The van der Waals surface area contributed by atoms with Gasteiger partial charge in [0.2, 0.25) is 6.23 Å². The summed E-state index contributed by atoms with van der Waals surface area (Å²) in [5, 5.41) is 21.2. The maximum absolute atomic E-state index is 12.9. The number of aliphatic hydroxyl groups excluding tert-OH is 1. The number of amides is 1. The number of carbonyl (C=O) groups is 2. The number of carbonyl (C=O) groups excluding carboxylic acids is 2. The second-order valence-electron chi connectivity index (χ2n) is 9.56. The third-order valence-electron chi connectivity index (χ3n) is 5.80. The Morgan fingerprint density at radius 3 is 2.63 bits per heavy atom. The molecule has 4 rings (SSSR count). The molecule has 10 heteroatoms. The van der Waals surface area contributed by atoms with E-state index in [0.29, 0.717) is 17.1 Å². The van der Waals surface area contributed by atoms with E-state index in [-0.39, 0.29) is 0 Å². The Labute approximate surface area is 213 Å². The van der Waals surface area contributed by atoms with Crippen LogP contribution in [0.5, 0.6) is 0 Å². The highest BCUT2D eigenvalue weighted by Crippen LogP contribution is 2.35. The molecule has 1 atom stereocenters. The second kappa shape index (κ2) is 10.1. The van der Waals surface area contributed by atoms with Crippen molar-refractivity contribution in [3.05, 3.63) is 56.5 Å². The Morgan fingerprint density at radius 2 is 1.94 bits per heavy atom. The van der Waals surface area contributed by atoms with E-state index in [1.165, 1.54) is 21.8 Å². The Bertz CT molecular complexity index is 1220. The highest BCUT2D eigenvalue weighted by molar-refractivity contribution is 7.16. The zero-order valence-corrected chi connectivity index (χ0v) is 22.3. The Hall–Kier alpha value is -2.66. The number of anilines is 1. The maximum atomic E-state index is 12.9. The molecule has 1 aliphatic rings. The number of aliphatic hydroxyl groups is 1. The van der Waals surface area contributed by atoms with Crippen molar-refractivity contribution < 1.29 is 19.4 Å². The van der Waals surface area contributed by atoms with Crippen molar-refractivity contribution in [2.45, 2.75) is 66.0 Å². The van der Waals surface area contributed by atoms with Gasteiger partial charge in [-0.25, -0.2) is 4.79 Å². The molecular weight excluding hydrogens is 484 g/mol. The summed E-state index contributed by atoms with van der Waals surface area (Å²) >= 11 is 3.03. The van der Waals surface area contributed by atoms with E-state index in [1.54, 1.807) is 32.1 Å². The SMILES string of the molecule is Cc1sc(NC(O)C(=O)NCc2c(-n3cccc3)sc3c2CCNC3)c(C(=O)OC(C)(C)C)c1C. The molecule has 0 aliphatic carbocycles. The number of aryl methyl sites for hydroxylation is 1. The number of aromatic nitrogens is 1. The molecule has 188 valence electrons. The van der Waals surface area contributed by atoms with Crippen LogP contribution >= 0.6 is 22.7 Å². The summed E-state index contributed by atoms with van der Waals surface area (Å²) in [6.07, 6.45) is 3.37. The summed E-state index contributed by atoms with van der Waals surface area (Å²) in [5.41, 5.74) is 2.80. The molecule has 0 saturated carbocycles. The van der Waals surface area contributed by atoms with Gasteiger partial charge in [0, 0.05) is 40.8 Å². The van der Waals surface area contributed by atoms with Crippen LogP contribution in [0.2, 0.25) is 0 Å².